The summed E-state index contributed by atoms with van der Waals surface area (Å²) in [6, 6.07) is 0. The van der Waals surface area contributed by atoms with Crippen molar-refractivity contribution in [1.29, 1.82) is 0 Å². The van der Waals surface area contributed by atoms with Gasteiger partial charge in [0.05, 0.1) is 19.0 Å². The largest absolute Gasteiger partial charge is 0.389 e. The Morgan fingerprint density at radius 1 is 1.80 bits per heavy atom. The van der Waals surface area contributed by atoms with Crippen molar-refractivity contribution in [3.63, 3.8) is 0 Å². The highest BCUT2D eigenvalue weighted by molar-refractivity contribution is 6.32. The van der Waals surface area contributed by atoms with Gasteiger partial charge in [-0.25, -0.2) is 4.98 Å². The van der Waals surface area contributed by atoms with Crippen LogP contribution in [0.5, 0.6) is 0 Å². The molecule has 0 aliphatic carbocycles. The molecule has 84 valence electrons. The first kappa shape index (κ1) is 12.0. The molecule has 1 heterocycles. The van der Waals surface area contributed by atoms with Crippen LogP contribution in [0.2, 0.25) is 5.02 Å². The molecule has 1 aromatic rings. The van der Waals surface area contributed by atoms with Crippen LogP contribution in [-0.4, -0.2) is 41.4 Å². The highest BCUT2D eigenvalue weighted by Gasteiger charge is 2.07. The molecule has 0 saturated heterocycles. The molecule has 0 radical (unpaired) electrons. The Labute approximate surface area is 91.3 Å². The van der Waals surface area contributed by atoms with Crippen LogP contribution in [0, 0.1) is 0 Å². The number of nitrogens with one attached hydrogen (secondary N) is 2. The van der Waals surface area contributed by atoms with Gasteiger partial charge in [-0.3, -0.25) is 4.79 Å². The van der Waals surface area contributed by atoms with E-state index in [4.69, 9.17) is 16.3 Å². The Morgan fingerprint density at radius 3 is 3.20 bits per heavy atom. The molecular formula is C8H12ClN3O3. The van der Waals surface area contributed by atoms with Crippen molar-refractivity contribution in [2.45, 2.75) is 6.10 Å². The number of aliphatic hydroxyl groups excluding tert-OH is 1. The van der Waals surface area contributed by atoms with Crippen molar-refractivity contribution in [3.8, 4) is 0 Å². The summed E-state index contributed by atoms with van der Waals surface area (Å²) in [7, 11) is 1.49. The lowest BCUT2D eigenvalue weighted by Gasteiger charge is -2.11. The predicted octanol–water partition coefficient (Wildman–Crippen LogP) is -0.158. The summed E-state index contributed by atoms with van der Waals surface area (Å²) in [6.45, 7) is 0.415. The summed E-state index contributed by atoms with van der Waals surface area (Å²) in [5.41, 5.74) is -0.421. The minimum Gasteiger partial charge on any atom is -0.389 e. The monoisotopic (exact) mass is 233 g/mol. The fourth-order valence-electron chi connectivity index (χ4n) is 0.972. The third-order valence-corrected chi connectivity index (χ3v) is 2.01. The van der Waals surface area contributed by atoms with Crippen molar-refractivity contribution in [2.75, 3.05) is 25.6 Å². The van der Waals surface area contributed by atoms with E-state index in [1.165, 1.54) is 13.4 Å². The lowest BCUT2D eigenvalue weighted by Crippen LogP contribution is -2.25. The standard InChI is InChI=1S/C8H12ClN3O3/c1-15-3-5(13)2-10-7-6(9)8(14)12-4-11-7/h4-5,13H,2-3H2,1H3,(H2,10,11,12,14). The van der Waals surface area contributed by atoms with E-state index >= 15 is 0 Å². The zero-order valence-electron chi connectivity index (χ0n) is 8.16. The first-order valence-corrected chi connectivity index (χ1v) is 4.67. The zero-order chi connectivity index (χ0) is 11.3. The fraction of sp³-hybridized carbons (Fsp3) is 0.500. The van der Waals surface area contributed by atoms with Crippen molar-refractivity contribution >= 4 is 17.4 Å². The van der Waals surface area contributed by atoms with Crippen molar-refractivity contribution in [3.05, 3.63) is 21.7 Å². The number of aromatic nitrogens is 2. The number of halogens is 1. The highest BCUT2D eigenvalue weighted by Crippen LogP contribution is 2.11. The molecule has 7 heteroatoms. The van der Waals surface area contributed by atoms with E-state index in [9.17, 15) is 9.90 Å². The maximum Gasteiger partial charge on any atom is 0.271 e. The van der Waals surface area contributed by atoms with Gasteiger partial charge in [0.15, 0.2) is 5.82 Å². The van der Waals surface area contributed by atoms with E-state index in [1.807, 2.05) is 0 Å². The van der Waals surface area contributed by atoms with Crippen LogP contribution < -0.4 is 10.9 Å². The third kappa shape index (κ3) is 3.50. The van der Waals surface area contributed by atoms with Crippen molar-refractivity contribution < 1.29 is 9.84 Å². The summed E-state index contributed by atoms with van der Waals surface area (Å²) in [5.74, 6) is 0.246. The number of aromatic amines is 1. The molecule has 0 bridgehead atoms. The summed E-state index contributed by atoms with van der Waals surface area (Å²) in [5, 5.41) is 12.0. The van der Waals surface area contributed by atoms with Gasteiger partial charge in [-0.1, -0.05) is 11.6 Å². The lowest BCUT2D eigenvalue weighted by molar-refractivity contribution is 0.0727. The van der Waals surface area contributed by atoms with Crippen LogP contribution in [0.25, 0.3) is 0 Å². The van der Waals surface area contributed by atoms with E-state index in [0.717, 1.165) is 0 Å². The topological polar surface area (TPSA) is 87.2 Å². The second-order valence-corrected chi connectivity index (χ2v) is 3.26. The molecule has 1 aromatic heterocycles. The lowest BCUT2D eigenvalue weighted by atomic mass is 10.4. The maximum atomic E-state index is 11.1. The molecule has 1 atom stereocenters. The summed E-state index contributed by atoms with van der Waals surface area (Å²) in [6.07, 6.45) is 0.561. The molecule has 1 rings (SSSR count). The van der Waals surface area contributed by atoms with Gasteiger partial charge in [0.25, 0.3) is 5.56 Å². The second kappa shape index (κ2) is 5.69. The van der Waals surface area contributed by atoms with E-state index in [-0.39, 0.29) is 24.0 Å². The number of H-pyrrole nitrogens is 1. The van der Waals surface area contributed by atoms with E-state index in [0.29, 0.717) is 0 Å². The Balaban J connectivity index is 2.58. The average Bonchev–Trinajstić information content (AvgIpc) is 2.21. The molecule has 0 aromatic carbocycles. The smallest absolute Gasteiger partial charge is 0.271 e. The molecule has 0 saturated carbocycles. The molecule has 3 N–H and O–H groups in total. The minimum atomic E-state index is -0.674. The van der Waals surface area contributed by atoms with E-state index in [1.54, 1.807) is 0 Å². The summed E-state index contributed by atoms with van der Waals surface area (Å²) in [4.78, 5) is 17.2. The molecule has 15 heavy (non-hydrogen) atoms. The van der Waals surface area contributed by atoms with Crippen LogP contribution in [-0.2, 0) is 4.74 Å². The Bertz CT molecular complexity index is 368. The number of anilines is 1. The minimum absolute atomic E-state index is 0.0258. The van der Waals surface area contributed by atoms with Crippen LogP contribution >= 0.6 is 11.6 Å². The first-order chi connectivity index (χ1) is 7.15. The quantitative estimate of drug-likeness (QED) is 0.658. The molecule has 1 unspecified atom stereocenters. The molecule has 0 spiro atoms. The molecular weight excluding hydrogens is 222 g/mol. The highest BCUT2D eigenvalue weighted by atomic mass is 35.5. The average molecular weight is 234 g/mol. The molecule has 0 fully saturated rings. The number of aliphatic hydroxyl groups is 1. The maximum absolute atomic E-state index is 11.1. The Morgan fingerprint density at radius 2 is 2.53 bits per heavy atom. The molecule has 0 aliphatic heterocycles. The second-order valence-electron chi connectivity index (χ2n) is 2.88. The normalized spacial score (nSPS) is 12.5. The third-order valence-electron chi connectivity index (χ3n) is 1.66. The SMILES string of the molecule is COCC(O)CNc1nc[nH]c(=O)c1Cl. The van der Waals surface area contributed by atoms with Gasteiger partial charge in [-0.05, 0) is 0 Å². The molecule has 6 nitrogen and oxygen atoms in total. The van der Waals surface area contributed by atoms with Gasteiger partial charge in [0.1, 0.15) is 5.02 Å². The molecule has 0 amide bonds. The van der Waals surface area contributed by atoms with Gasteiger partial charge in [0.2, 0.25) is 0 Å². The van der Waals surface area contributed by atoms with Gasteiger partial charge in [-0.15, -0.1) is 0 Å². The number of hydrogen-bond acceptors (Lipinski definition) is 5. The number of rotatable bonds is 5. The Kier molecular flexibility index (Phi) is 4.54. The van der Waals surface area contributed by atoms with E-state index < -0.39 is 11.7 Å². The fourth-order valence-corrected chi connectivity index (χ4v) is 1.14. The van der Waals surface area contributed by atoms with Crippen LogP contribution in [0.1, 0.15) is 0 Å². The van der Waals surface area contributed by atoms with Crippen LogP contribution in [0.4, 0.5) is 5.82 Å². The first-order valence-electron chi connectivity index (χ1n) is 4.29. The number of hydrogen-bond donors (Lipinski definition) is 3. The predicted molar refractivity (Wildman–Crippen MR) is 56.2 cm³/mol. The number of methoxy groups -OCH3 is 1. The molecule has 0 aliphatic rings. The zero-order valence-corrected chi connectivity index (χ0v) is 8.91. The summed E-state index contributed by atoms with van der Waals surface area (Å²) < 4.78 is 4.73. The van der Waals surface area contributed by atoms with Crippen LogP contribution in [0.15, 0.2) is 11.1 Å². The number of nitrogens with zero attached hydrogens (tertiary/aromatic N) is 1. The summed E-state index contributed by atoms with van der Waals surface area (Å²) >= 11 is 5.67. The van der Waals surface area contributed by atoms with Gasteiger partial charge in [0, 0.05) is 13.7 Å². The van der Waals surface area contributed by atoms with Crippen LogP contribution in [0.3, 0.4) is 0 Å². The van der Waals surface area contributed by atoms with E-state index in [2.05, 4.69) is 15.3 Å². The number of ether oxygens (including phenoxy) is 1. The van der Waals surface area contributed by atoms with Gasteiger partial charge >= 0.3 is 0 Å². The van der Waals surface area contributed by atoms with Crippen molar-refractivity contribution in [2.24, 2.45) is 0 Å². The van der Waals surface area contributed by atoms with Gasteiger partial charge in [-0.2, -0.15) is 0 Å². The van der Waals surface area contributed by atoms with Gasteiger partial charge < -0.3 is 20.1 Å². The Hall–Kier alpha value is -1.11. The van der Waals surface area contributed by atoms with Crippen molar-refractivity contribution in [1.82, 2.24) is 9.97 Å².